The van der Waals surface area contributed by atoms with Gasteiger partial charge < -0.3 is 4.98 Å². The number of aryl methyl sites for hydroxylation is 1. The van der Waals surface area contributed by atoms with Crippen molar-refractivity contribution in [2.24, 2.45) is 0 Å². The number of aromatic nitrogens is 4. The standard InChI is InChI=1S/C14H14F3N5S/c1-8-20-21-13(23-8)7-22(2)6-12-18-10-4-3-9(14(15,16)17)5-11(10)19-12/h3-5H,6-7H2,1-2H3,(H,18,19). The van der Waals surface area contributed by atoms with Crippen LogP contribution < -0.4 is 0 Å². The third-order valence-corrected chi connectivity index (χ3v) is 4.07. The number of alkyl halides is 3. The zero-order valence-electron chi connectivity index (χ0n) is 12.5. The zero-order chi connectivity index (χ0) is 16.6. The van der Waals surface area contributed by atoms with Crippen LogP contribution in [0.2, 0.25) is 0 Å². The van der Waals surface area contributed by atoms with E-state index in [2.05, 4.69) is 20.2 Å². The van der Waals surface area contributed by atoms with Crippen molar-refractivity contribution in [1.82, 2.24) is 25.1 Å². The lowest BCUT2D eigenvalue weighted by Gasteiger charge is -2.12. The first-order chi connectivity index (χ1) is 10.8. The third kappa shape index (κ3) is 3.67. The van der Waals surface area contributed by atoms with E-state index in [1.54, 1.807) is 0 Å². The van der Waals surface area contributed by atoms with Crippen LogP contribution in [0.25, 0.3) is 11.0 Å². The Morgan fingerprint density at radius 1 is 1.22 bits per heavy atom. The van der Waals surface area contributed by atoms with E-state index in [1.165, 1.54) is 17.4 Å². The summed E-state index contributed by atoms with van der Waals surface area (Å²) in [6.45, 7) is 2.98. The molecule has 0 fully saturated rings. The molecular weight excluding hydrogens is 327 g/mol. The SMILES string of the molecule is Cc1nnc(CN(C)Cc2nc3ccc(C(F)(F)F)cc3[nH]2)s1. The Hall–Kier alpha value is -2.00. The van der Waals surface area contributed by atoms with Crippen molar-refractivity contribution in [3.63, 3.8) is 0 Å². The average molecular weight is 341 g/mol. The van der Waals surface area contributed by atoms with Crippen LogP contribution in [-0.2, 0) is 19.3 Å². The Morgan fingerprint density at radius 2 is 2.00 bits per heavy atom. The van der Waals surface area contributed by atoms with Crippen molar-refractivity contribution in [2.75, 3.05) is 7.05 Å². The number of nitrogens with one attached hydrogen (secondary N) is 1. The Bertz CT molecular complexity index is 823. The molecule has 1 aromatic carbocycles. The maximum atomic E-state index is 12.7. The minimum atomic E-state index is -4.36. The lowest BCUT2D eigenvalue weighted by Crippen LogP contribution is -2.17. The first-order valence-electron chi connectivity index (χ1n) is 6.84. The first-order valence-corrected chi connectivity index (χ1v) is 7.66. The Balaban J connectivity index is 1.75. The number of imidazole rings is 1. The van der Waals surface area contributed by atoms with Crippen LogP contribution in [0.4, 0.5) is 13.2 Å². The summed E-state index contributed by atoms with van der Waals surface area (Å²) >= 11 is 1.52. The van der Waals surface area contributed by atoms with Crippen LogP contribution >= 0.6 is 11.3 Å². The molecule has 1 N–H and O–H groups in total. The van der Waals surface area contributed by atoms with Gasteiger partial charge in [0.05, 0.1) is 29.7 Å². The van der Waals surface area contributed by atoms with Crippen molar-refractivity contribution in [1.29, 1.82) is 0 Å². The molecule has 0 saturated carbocycles. The molecular formula is C14H14F3N5S. The number of nitrogens with zero attached hydrogens (tertiary/aromatic N) is 4. The second-order valence-corrected chi connectivity index (χ2v) is 6.57. The van der Waals surface area contributed by atoms with E-state index < -0.39 is 11.7 Å². The molecule has 0 spiro atoms. The van der Waals surface area contributed by atoms with Gasteiger partial charge in [0, 0.05) is 0 Å². The predicted octanol–water partition coefficient (Wildman–Crippen LogP) is 3.37. The highest BCUT2D eigenvalue weighted by atomic mass is 32.1. The maximum absolute atomic E-state index is 12.7. The first kappa shape index (κ1) is 15.9. The molecule has 2 aromatic heterocycles. The molecule has 0 atom stereocenters. The summed E-state index contributed by atoms with van der Waals surface area (Å²) in [4.78, 5) is 9.24. The fourth-order valence-corrected chi connectivity index (χ4v) is 3.05. The van der Waals surface area contributed by atoms with E-state index in [0.29, 0.717) is 29.9 Å². The third-order valence-electron chi connectivity index (χ3n) is 3.25. The van der Waals surface area contributed by atoms with Gasteiger partial charge >= 0.3 is 6.18 Å². The highest BCUT2D eigenvalue weighted by molar-refractivity contribution is 7.11. The van der Waals surface area contributed by atoms with E-state index in [4.69, 9.17) is 0 Å². The van der Waals surface area contributed by atoms with Gasteiger partial charge in [0.15, 0.2) is 0 Å². The van der Waals surface area contributed by atoms with Gasteiger partial charge in [-0.15, -0.1) is 21.5 Å². The minimum Gasteiger partial charge on any atom is -0.341 e. The molecule has 3 rings (SSSR count). The van der Waals surface area contributed by atoms with Gasteiger partial charge in [-0.1, -0.05) is 0 Å². The van der Waals surface area contributed by atoms with Crippen LogP contribution in [0.5, 0.6) is 0 Å². The number of halogens is 3. The summed E-state index contributed by atoms with van der Waals surface area (Å²) in [6.07, 6.45) is -4.36. The van der Waals surface area contributed by atoms with Gasteiger partial charge in [0.25, 0.3) is 0 Å². The van der Waals surface area contributed by atoms with E-state index in [0.717, 1.165) is 22.1 Å². The molecule has 0 radical (unpaired) electrons. The highest BCUT2D eigenvalue weighted by Crippen LogP contribution is 2.30. The van der Waals surface area contributed by atoms with Crippen molar-refractivity contribution in [2.45, 2.75) is 26.2 Å². The molecule has 5 nitrogen and oxygen atoms in total. The predicted molar refractivity (Wildman–Crippen MR) is 80.9 cm³/mol. The van der Waals surface area contributed by atoms with Crippen molar-refractivity contribution in [3.05, 3.63) is 39.6 Å². The highest BCUT2D eigenvalue weighted by Gasteiger charge is 2.30. The minimum absolute atomic E-state index is 0.384. The number of H-pyrrole nitrogens is 1. The summed E-state index contributed by atoms with van der Waals surface area (Å²) in [5.41, 5.74) is 0.223. The average Bonchev–Trinajstić information content (AvgIpc) is 3.02. The molecule has 0 aliphatic heterocycles. The summed E-state index contributed by atoms with van der Waals surface area (Å²) in [6, 6.07) is 3.51. The molecule has 23 heavy (non-hydrogen) atoms. The zero-order valence-corrected chi connectivity index (χ0v) is 13.3. The lowest BCUT2D eigenvalue weighted by atomic mass is 10.2. The lowest BCUT2D eigenvalue weighted by molar-refractivity contribution is -0.137. The molecule has 0 saturated heterocycles. The number of hydrogen-bond acceptors (Lipinski definition) is 5. The van der Waals surface area contributed by atoms with Gasteiger partial charge in [-0.25, -0.2) is 4.98 Å². The second kappa shape index (κ2) is 5.89. The topological polar surface area (TPSA) is 57.7 Å². The smallest absolute Gasteiger partial charge is 0.341 e. The molecule has 0 aliphatic rings. The second-order valence-electron chi connectivity index (χ2n) is 5.30. The molecule has 9 heteroatoms. The van der Waals surface area contributed by atoms with E-state index in [9.17, 15) is 13.2 Å². The summed E-state index contributed by atoms with van der Waals surface area (Å²) in [5, 5.41) is 9.80. The van der Waals surface area contributed by atoms with Crippen LogP contribution in [-0.4, -0.2) is 32.1 Å². The Kier molecular flexibility index (Phi) is 4.07. The molecule has 0 bridgehead atoms. The number of rotatable bonds is 4. The molecule has 3 aromatic rings. The van der Waals surface area contributed by atoms with Crippen molar-refractivity contribution in [3.8, 4) is 0 Å². The van der Waals surface area contributed by atoms with Gasteiger partial charge in [0.2, 0.25) is 0 Å². The van der Waals surface area contributed by atoms with Crippen LogP contribution in [0.15, 0.2) is 18.2 Å². The monoisotopic (exact) mass is 341 g/mol. The number of hydrogen-bond donors (Lipinski definition) is 1. The van der Waals surface area contributed by atoms with Gasteiger partial charge in [-0.3, -0.25) is 4.90 Å². The normalized spacial score (nSPS) is 12.4. The molecule has 0 aliphatic carbocycles. The van der Waals surface area contributed by atoms with Gasteiger partial charge in [-0.05, 0) is 32.2 Å². The maximum Gasteiger partial charge on any atom is 0.416 e. The number of benzene rings is 1. The molecule has 0 unspecified atom stereocenters. The van der Waals surface area contributed by atoms with Crippen LogP contribution in [0.3, 0.4) is 0 Å². The van der Waals surface area contributed by atoms with Crippen molar-refractivity contribution < 1.29 is 13.2 Å². The Labute approximate surface area is 134 Å². The molecule has 122 valence electrons. The number of aromatic amines is 1. The summed E-state index contributed by atoms with van der Waals surface area (Å²) in [5.74, 6) is 0.614. The quantitative estimate of drug-likeness (QED) is 0.790. The van der Waals surface area contributed by atoms with E-state index in [1.807, 2.05) is 18.9 Å². The van der Waals surface area contributed by atoms with Crippen LogP contribution in [0.1, 0.15) is 21.4 Å². The van der Waals surface area contributed by atoms with Crippen molar-refractivity contribution >= 4 is 22.4 Å². The summed E-state index contributed by atoms with van der Waals surface area (Å²) < 4.78 is 38.2. The molecule has 2 heterocycles. The number of fused-ring (bicyclic) bond motifs is 1. The largest absolute Gasteiger partial charge is 0.416 e. The van der Waals surface area contributed by atoms with Gasteiger partial charge in [0.1, 0.15) is 15.8 Å². The molecule has 0 amide bonds. The van der Waals surface area contributed by atoms with Crippen LogP contribution in [0, 0.1) is 6.92 Å². The fourth-order valence-electron chi connectivity index (χ4n) is 2.26. The van der Waals surface area contributed by atoms with Gasteiger partial charge in [-0.2, -0.15) is 13.2 Å². The Morgan fingerprint density at radius 3 is 2.65 bits per heavy atom. The summed E-state index contributed by atoms with van der Waals surface area (Å²) in [7, 11) is 1.89. The van der Waals surface area contributed by atoms with E-state index >= 15 is 0 Å². The fraction of sp³-hybridized carbons (Fsp3) is 0.357. The van der Waals surface area contributed by atoms with E-state index in [-0.39, 0.29) is 0 Å².